The third-order valence-corrected chi connectivity index (χ3v) is 3.91. The van der Waals surface area contributed by atoms with Crippen LogP contribution in [0.25, 0.3) is 0 Å². The Hall–Kier alpha value is -1.42. The summed E-state index contributed by atoms with van der Waals surface area (Å²) in [5.41, 5.74) is 1.45. The fourth-order valence-electron chi connectivity index (χ4n) is 2.42. The molecule has 0 aliphatic carbocycles. The molecule has 120 valence electrons. The minimum Gasteiger partial charge on any atom is -0.493 e. The summed E-state index contributed by atoms with van der Waals surface area (Å²) in [6.45, 7) is 5.64. The van der Waals surface area contributed by atoms with Crippen LogP contribution in [0.1, 0.15) is 32.3 Å². The maximum Gasteiger partial charge on any atom is 0.203 e. The van der Waals surface area contributed by atoms with Crippen LogP contribution in [0, 0.1) is 5.41 Å². The Morgan fingerprint density at radius 1 is 0.952 bits per heavy atom. The van der Waals surface area contributed by atoms with E-state index in [9.17, 15) is 0 Å². The Morgan fingerprint density at radius 2 is 1.62 bits per heavy atom. The van der Waals surface area contributed by atoms with E-state index < -0.39 is 0 Å². The van der Waals surface area contributed by atoms with Crippen molar-refractivity contribution in [3.63, 3.8) is 0 Å². The van der Waals surface area contributed by atoms with Crippen molar-refractivity contribution in [3.05, 3.63) is 17.7 Å². The molecule has 0 spiro atoms. The molecule has 0 saturated carbocycles. The lowest BCUT2D eigenvalue weighted by molar-refractivity contribution is 0.299. The Labute approximate surface area is 128 Å². The molecule has 0 aromatic heterocycles. The van der Waals surface area contributed by atoms with Gasteiger partial charge in [-0.2, -0.15) is 0 Å². The van der Waals surface area contributed by atoms with Gasteiger partial charge in [0.1, 0.15) is 0 Å². The summed E-state index contributed by atoms with van der Waals surface area (Å²) in [5.74, 6) is 2.15. The van der Waals surface area contributed by atoms with Gasteiger partial charge in [0, 0.05) is 0 Å². The molecule has 0 heterocycles. The standard InChI is InChI=1S/C17H29NO3/c1-17(2,11-12-18-3)10-9-13-7-8-14(19-4)16(21-6)15(13)20-5/h7-8,18H,9-12H2,1-6H3. The fraction of sp³-hybridized carbons (Fsp3) is 0.647. The Bertz CT molecular complexity index is 444. The molecule has 0 unspecified atom stereocenters. The van der Waals surface area contributed by atoms with Gasteiger partial charge in [-0.25, -0.2) is 0 Å². The molecule has 21 heavy (non-hydrogen) atoms. The average molecular weight is 295 g/mol. The molecule has 0 bridgehead atoms. The maximum absolute atomic E-state index is 5.54. The number of aryl methyl sites for hydroxylation is 1. The fourth-order valence-corrected chi connectivity index (χ4v) is 2.42. The highest BCUT2D eigenvalue weighted by molar-refractivity contribution is 5.55. The molecular weight excluding hydrogens is 266 g/mol. The van der Waals surface area contributed by atoms with E-state index >= 15 is 0 Å². The minimum atomic E-state index is 0.293. The topological polar surface area (TPSA) is 39.7 Å². The van der Waals surface area contributed by atoms with Crippen LogP contribution in [0.15, 0.2) is 12.1 Å². The molecule has 1 rings (SSSR count). The van der Waals surface area contributed by atoms with E-state index in [4.69, 9.17) is 14.2 Å². The van der Waals surface area contributed by atoms with Crippen molar-refractivity contribution < 1.29 is 14.2 Å². The van der Waals surface area contributed by atoms with Gasteiger partial charge in [-0.3, -0.25) is 0 Å². The number of ether oxygens (including phenoxy) is 3. The monoisotopic (exact) mass is 295 g/mol. The van der Waals surface area contributed by atoms with Crippen LogP contribution >= 0.6 is 0 Å². The molecule has 4 heteroatoms. The molecule has 0 amide bonds. The van der Waals surface area contributed by atoms with Crippen LogP contribution in [0.5, 0.6) is 17.2 Å². The van der Waals surface area contributed by atoms with Gasteiger partial charge in [0.15, 0.2) is 11.5 Å². The molecular formula is C17H29NO3. The van der Waals surface area contributed by atoms with Crippen molar-refractivity contribution in [1.29, 1.82) is 0 Å². The van der Waals surface area contributed by atoms with E-state index in [1.54, 1.807) is 21.3 Å². The van der Waals surface area contributed by atoms with E-state index in [1.165, 1.54) is 0 Å². The van der Waals surface area contributed by atoms with E-state index in [1.807, 2.05) is 13.1 Å². The first kappa shape index (κ1) is 17.6. The highest BCUT2D eigenvalue weighted by atomic mass is 16.5. The van der Waals surface area contributed by atoms with Gasteiger partial charge in [-0.1, -0.05) is 19.9 Å². The van der Waals surface area contributed by atoms with Gasteiger partial charge < -0.3 is 19.5 Å². The first-order valence-corrected chi connectivity index (χ1v) is 7.41. The highest BCUT2D eigenvalue weighted by Gasteiger charge is 2.20. The Morgan fingerprint density at radius 3 is 2.14 bits per heavy atom. The van der Waals surface area contributed by atoms with Crippen LogP contribution in [0.4, 0.5) is 0 Å². The first-order chi connectivity index (χ1) is 9.99. The van der Waals surface area contributed by atoms with Gasteiger partial charge in [0.05, 0.1) is 21.3 Å². The number of nitrogens with one attached hydrogen (secondary N) is 1. The number of methoxy groups -OCH3 is 3. The van der Waals surface area contributed by atoms with Crippen molar-refractivity contribution in [2.24, 2.45) is 5.41 Å². The summed E-state index contributed by atoms with van der Waals surface area (Å²) < 4.78 is 16.3. The van der Waals surface area contributed by atoms with Gasteiger partial charge in [0.25, 0.3) is 0 Å². The van der Waals surface area contributed by atoms with E-state index in [0.717, 1.165) is 37.1 Å². The van der Waals surface area contributed by atoms with Crippen molar-refractivity contribution in [2.45, 2.75) is 33.1 Å². The molecule has 1 aromatic rings. The molecule has 4 nitrogen and oxygen atoms in total. The van der Waals surface area contributed by atoms with Crippen LogP contribution in [-0.4, -0.2) is 34.9 Å². The molecule has 0 radical (unpaired) electrons. The molecule has 1 aromatic carbocycles. The highest BCUT2D eigenvalue weighted by Crippen LogP contribution is 2.41. The SMILES string of the molecule is CNCCC(C)(C)CCc1ccc(OC)c(OC)c1OC. The summed E-state index contributed by atoms with van der Waals surface area (Å²) in [5, 5.41) is 3.22. The Balaban J connectivity index is 2.88. The lowest BCUT2D eigenvalue weighted by Gasteiger charge is -2.25. The smallest absolute Gasteiger partial charge is 0.203 e. The second kappa shape index (κ2) is 8.13. The van der Waals surface area contributed by atoms with Gasteiger partial charge in [0.2, 0.25) is 5.75 Å². The van der Waals surface area contributed by atoms with Gasteiger partial charge >= 0.3 is 0 Å². The molecule has 0 saturated heterocycles. The third-order valence-electron chi connectivity index (χ3n) is 3.91. The van der Waals surface area contributed by atoms with Crippen molar-refractivity contribution in [3.8, 4) is 17.2 Å². The number of benzene rings is 1. The lowest BCUT2D eigenvalue weighted by Crippen LogP contribution is -2.20. The molecule has 0 aliphatic rings. The summed E-state index contributed by atoms with van der Waals surface area (Å²) in [6, 6.07) is 4.01. The van der Waals surface area contributed by atoms with E-state index in [-0.39, 0.29) is 0 Å². The molecule has 0 fully saturated rings. The van der Waals surface area contributed by atoms with Crippen LogP contribution in [-0.2, 0) is 6.42 Å². The molecule has 0 aliphatic heterocycles. The first-order valence-electron chi connectivity index (χ1n) is 7.41. The van der Waals surface area contributed by atoms with Crippen molar-refractivity contribution >= 4 is 0 Å². The van der Waals surface area contributed by atoms with Crippen LogP contribution in [0.2, 0.25) is 0 Å². The zero-order valence-electron chi connectivity index (χ0n) is 14.2. The number of hydrogen-bond donors (Lipinski definition) is 1. The van der Waals surface area contributed by atoms with E-state index in [2.05, 4.69) is 25.2 Å². The second-order valence-corrected chi connectivity index (χ2v) is 6.01. The van der Waals surface area contributed by atoms with Crippen molar-refractivity contribution in [2.75, 3.05) is 34.9 Å². The predicted molar refractivity (Wildman–Crippen MR) is 86.7 cm³/mol. The largest absolute Gasteiger partial charge is 0.493 e. The van der Waals surface area contributed by atoms with Crippen LogP contribution in [0.3, 0.4) is 0 Å². The number of rotatable bonds is 9. The predicted octanol–water partition coefficient (Wildman–Crippen LogP) is 3.28. The normalized spacial score (nSPS) is 11.3. The van der Waals surface area contributed by atoms with E-state index in [0.29, 0.717) is 16.9 Å². The zero-order valence-corrected chi connectivity index (χ0v) is 14.2. The summed E-state index contributed by atoms with van der Waals surface area (Å²) in [4.78, 5) is 0. The lowest BCUT2D eigenvalue weighted by atomic mass is 9.83. The average Bonchev–Trinajstić information content (AvgIpc) is 2.49. The summed E-state index contributed by atoms with van der Waals surface area (Å²) >= 11 is 0. The molecule has 0 atom stereocenters. The Kier molecular flexibility index (Phi) is 6.82. The third kappa shape index (κ3) is 4.81. The molecule has 1 N–H and O–H groups in total. The quantitative estimate of drug-likeness (QED) is 0.759. The summed E-state index contributed by atoms with van der Waals surface area (Å²) in [7, 11) is 6.94. The van der Waals surface area contributed by atoms with Gasteiger partial charge in [-0.05, 0) is 49.9 Å². The maximum atomic E-state index is 5.54. The van der Waals surface area contributed by atoms with Crippen molar-refractivity contribution in [1.82, 2.24) is 5.32 Å². The minimum absolute atomic E-state index is 0.293. The number of hydrogen-bond acceptors (Lipinski definition) is 4. The zero-order chi connectivity index (χ0) is 15.9. The summed E-state index contributed by atoms with van der Waals surface area (Å²) in [6.07, 6.45) is 3.21. The second-order valence-electron chi connectivity index (χ2n) is 6.01. The van der Waals surface area contributed by atoms with Gasteiger partial charge in [-0.15, -0.1) is 0 Å². The van der Waals surface area contributed by atoms with Crippen LogP contribution < -0.4 is 19.5 Å².